The van der Waals surface area contributed by atoms with Crippen LogP contribution in [0.25, 0.3) is 0 Å². The van der Waals surface area contributed by atoms with Crippen LogP contribution in [0.1, 0.15) is 16.7 Å². The Labute approximate surface area is 140 Å². The summed E-state index contributed by atoms with van der Waals surface area (Å²) in [5.41, 5.74) is 2.18. The maximum Gasteiger partial charge on any atom is 0.422 e. The Morgan fingerprint density at radius 2 is 1.92 bits per heavy atom. The maximum atomic E-state index is 12.3. The first-order valence-electron chi connectivity index (χ1n) is 7.48. The Bertz CT molecular complexity index is 563. The molecule has 1 aromatic carbocycles. The molecule has 0 heterocycles. The van der Waals surface area contributed by atoms with Crippen LogP contribution in [0, 0.1) is 13.8 Å². The fraction of sp³-hybridized carbons (Fsp3) is 0.471. The molecule has 1 aromatic rings. The summed E-state index contributed by atoms with van der Waals surface area (Å²) in [6.45, 7) is 6.77. The molecule has 0 aliphatic carbocycles. The fourth-order valence-electron chi connectivity index (χ4n) is 2.37. The van der Waals surface area contributed by atoms with Gasteiger partial charge in [-0.25, -0.2) is 0 Å². The number of hydrogen-bond donors (Lipinski definition) is 1. The van der Waals surface area contributed by atoms with Gasteiger partial charge in [0.25, 0.3) is 0 Å². The van der Waals surface area contributed by atoms with E-state index in [9.17, 15) is 18.0 Å². The highest BCUT2D eigenvalue weighted by Crippen LogP contribution is 2.27. The first kappa shape index (κ1) is 20.0. The average Bonchev–Trinajstić information content (AvgIpc) is 2.42. The van der Waals surface area contributed by atoms with Crippen LogP contribution in [-0.4, -0.2) is 43.7 Å². The first-order valence-corrected chi connectivity index (χ1v) is 7.48. The van der Waals surface area contributed by atoms with E-state index >= 15 is 0 Å². The molecule has 0 bridgehead atoms. The topological polar surface area (TPSA) is 41.6 Å². The molecule has 1 N–H and O–H groups in total. The van der Waals surface area contributed by atoms with Crippen molar-refractivity contribution in [1.29, 1.82) is 0 Å². The molecule has 0 spiro atoms. The molecular weight excluding hydrogens is 321 g/mol. The quantitative estimate of drug-likeness (QED) is 0.737. The summed E-state index contributed by atoms with van der Waals surface area (Å²) in [4.78, 5) is 13.5. The second kappa shape index (κ2) is 8.73. The van der Waals surface area contributed by atoms with E-state index < -0.39 is 12.8 Å². The monoisotopic (exact) mass is 344 g/mol. The maximum absolute atomic E-state index is 12.3. The minimum atomic E-state index is -4.36. The lowest BCUT2D eigenvalue weighted by molar-refractivity contribution is -0.153. The molecule has 0 radical (unpaired) electrons. The van der Waals surface area contributed by atoms with Gasteiger partial charge in [0.15, 0.2) is 6.61 Å². The Morgan fingerprint density at radius 3 is 2.42 bits per heavy atom. The SMILES string of the molecule is C=CCNC(=O)CN(C)Cc1cc(C)c(OCC(F)(F)F)c(C)c1. The van der Waals surface area contributed by atoms with Crippen molar-refractivity contribution in [3.8, 4) is 5.75 Å². The third-order valence-corrected chi connectivity index (χ3v) is 3.21. The van der Waals surface area contributed by atoms with Gasteiger partial charge in [-0.2, -0.15) is 13.2 Å². The average molecular weight is 344 g/mol. The number of carbonyl (C=O) groups excluding carboxylic acids is 1. The van der Waals surface area contributed by atoms with E-state index in [1.165, 1.54) is 0 Å². The number of amides is 1. The van der Waals surface area contributed by atoms with Gasteiger partial charge in [0, 0.05) is 13.1 Å². The molecule has 4 nitrogen and oxygen atoms in total. The zero-order chi connectivity index (χ0) is 18.3. The van der Waals surface area contributed by atoms with Crippen LogP contribution in [0.15, 0.2) is 24.8 Å². The molecule has 0 aliphatic rings. The molecule has 1 amide bonds. The summed E-state index contributed by atoms with van der Waals surface area (Å²) >= 11 is 0. The van der Waals surface area contributed by atoms with Gasteiger partial charge in [-0.1, -0.05) is 18.2 Å². The van der Waals surface area contributed by atoms with Gasteiger partial charge < -0.3 is 10.1 Å². The Morgan fingerprint density at radius 1 is 1.33 bits per heavy atom. The number of alkyl halides is 3. The van der Waals surface area contributed by atoms with Crippen LogP contribution >= 0.6 is 0 Å². The third-order valence-electron chi connectivity index (χ3n) is 3.21. The minimum absolute atomic E-state index is 0.115. The molecule has 24 heavy (non-hydrogen) atoms. The van der Waals surface area contributed by atoms with Crippen molar-refractivity contribution >= 4 is 5.91 Å². The molecule has 7 heteroatoms. The normalized spacial score (nSPS) is 11.5. The second-order valence-electron chi connectivity index (χ2n) is 5.73. The van der Waals surface area contributed by atoms with Crippen LogP contribution in [-0.2, 0) is 11.3 Å². The molecule has 0 aromatic heterocycles. The van der Waals surface area contributed by atoms with E-state index in [0.717, 1.165) is 5.56 Å². The highest BCUT2D eigenvalue weighted by atomic mass is 19.4. The predicted octanol–water partition coefficient (Wildman–Crippen LogP) is 2.98. The number of rotatable bonds is 8. The highest BCUT2D eigenvalue weighted by molar-refractivity contribution is 5.78. The number of nitrogens with zero attached hydrogens (tertiary/aromatic N) is 1. The van der Waals surface area contributed by atoms with Gasteiger partial charge in [0.2, 0.25) is 5.91 Å². The van der Waals surface area contributed by atoms with Crippen LogP contribution in [0.2, 0.25) is 0 Å². The van der Waals surface area contributed by atoms with Crippen molar-refractivity contribution in [1.82, 2.24) is 10.2 Å². The number of hydrogen-bond acceptors (Lipinski definition) is 3. The van der Waals surface area contributed by atoms with E-state index in [4.69, 9.17) is 4.74 Å². The van der Waals surface area contributed by atoms with Gasteiger partial charge in [0.1, 0.15) is 5.75 Å². The lowest BCUT2D eigenvalue weighted by Gasteiger charge is -2.19. The summed E-state index contributed by atoms with van der Waals surface area (Å²) in [6, 6.07) is 3.55. The number of likely N-dealkylation sites (N-methyl/N-ethyl adjacent to an activating group) is 1. The molecule has 0 atom stereocenters. The Balaban J connectivity index is 2.70. The van der Waals surface area contributed by atoms with Crippen molar-refractivity contribution in [2.75, 3.05) is 26.7 Å². The molecule has 0 fully saturated rings. The van der Waals surface area contributed by atoms with Crippen molar-refractivity contribution < 1.29 is 22.7 Å². The van der Waals surface area contributed by atoms with Gasteiger partial charge in [-0.3, -0.25) is 9.69 Å². The van der Waals surface area contributed by atoms with Crippen molar-refractivity contribution in [2.45, 2.75) is 26.6 Å². The molecule has 0 saturated heterocycles. The van der Waals surface area contributed by atoms with Crippen LogP contribution < -0.4 is 10.1 Å². The first-order chi connectivity index (χ1) is 11.1. The molecule has 134 valence electrons. The summed E-state index contributed by atoms with van der Waals surface area (Å²) in [7, 11) is 1.80. The van der Waals surface area contributed by atoms with Crippen LogP contribution in [0.5, 0.6) is 5.75 Å². The molecular formula is C17H23F3N2O2. The molecule has 0 aliphatic heterocycles. The van der Waals surface area contributed by atoms with Gasteiger partial charge >= 0.3 is 6.18 Å². The van der Waals surface area contributed by atoms with Gasteiger partial charge in [0.05, 0.1) is 6.54 Å². The number of halogens is 3. The number of carbonyl (C=O) groups is 1. The summed E-state index contributed by atoms with van der Waals surface area (Å²) in [6.07, 6.45) is -2.76. The van der Waals surface area contributed by atoms with E-state index in [1.807, 2.05) is 4.90 Å². The number of ether oxygens (including phenoxy) is 1. The second-order valence-corrected chi connectivity index (χ2v) is 5.73. The number of benzene rings is 1. The van der Waals surface area contributed by atoms with Crippen molar-refractivity contribution in [3.63, 3.8) is 0 Å². The van der Waals surface area contributed by atoms with Crippen LogP contribution in [0.4, 0.5) is 13.2 Å². The lowest BCUT2D eigenvalue weighted by Crippen LogP contribution is -2.34. The van der Waals surface area contributed by atoms with E-state index in [2.05, 4.69) is 11.9 Å². The molecule has 0 saturated carbocycles. The minimum Gasteiger partial charge on any atom is -0.484 e. The standard InChI is InChI=1S/C17H23F3N2O2/c1-5-6-21-15(23)10-22(4)9-14-7-12(2)16(13(3)8-14)24-11-17(18,19)20/h5,7-8H,1,6,9-11H2,2-4H3,(H,21,23). The molecule has 1 rings (SSSR count). The van der Waals surface area contributed by atoms with E-state index in [-0.39, 0.29) is 18.2 Å². The fourth-order valence-corrected chi connectivity index (χ4v) is 2.37. The summed E-state index contributed by atoms with van der Waals surface area (Å²) in [5, 5.41) is 2.69. The number of aryl methyl sites for hydroxylation is 2. The highest BCUT2D eigenvalue weighted by Gasteiger charge is 2.29. The predicted molar refractivity (Wildman–Crippen MR) is 87.0 cm³/mol. The van der Waals surface area contributed by atoms with Crippen molar-refractivity contribution in [2.24, 2.45) is 0 Å². The molecule has 0 unspecified atom stereocenters. The van der Waals surface area contributed by atoms with Gasteiger partial charge in [-0.15, -0.1) is 6.58 Å². The Kier molecular flexibility index (Phi) is 7.28. The zero-order valence-electron chi connectivity index (χ0n) is 14.2. The largest absolute Gasteiger partial charge is 0.484 e. The van der Waals surface area contributed by atoms with Gasteiger partial charge in [-0.05, 0) is 37.6 Å². The zero-order valence-corrected chi connectivity index (χ0v) is 14.2. The summed E-state index contributed by atoms with van der Waals surface area (Å²) in [5.74, 6) is 0.137. The van der Waals surface area contributed by atoms with Crippen LogP contribution in [0.3, 0.4) is 0 Å². The Hall–Kier alpha value is -2.02. The van der Waals surface area contributed by atoms with E-state index in [1.54, 1.807) is 39.1 Å². The smallest absolute Gasteiger partial charge is 0.422 e. The third kappa shape index (κ3) is 7.04. The summed E-state index contributed by atoms with van der Waals surface area (Å²) < 4.78 is 41.8. The number of nitrogens with one attached hydrogen (secondary N) is 1. The van der Waals surface area contributed by atoms with E-state index in [0.29, 0.717) is 24.2 Å². The lowest BCUT2D eigenvalue weighted by atomic mass is 10.1. The van der Waals surface area contributed by atoms with Crippen molar-refractivity contribution in [3.05, 3.63) is 41.5 Å².